The molecule has 2 saturated heterocycles. The number of aliphatic hydroxyl groups excluding tert-OH is 1. The van der Waals surface area contributed by atoms with Crippen LogP contribution in [0.3, 0.4) is 0 Å². The fraction of sp³-hybridized carbons (Fsp3) is 0.744. The number of nitrogens with two attached hydrogens (primary N) is 1. The smallest absolute Gasteiger partial charge is 0.320 e. The van der Waals surface area contributed by atoms with Crippen molar-refractivity contribution in [3.8, 4) is 0 Å². The van der Waals surface area contributed by atoms with Crippen LogP contribution in [-0.2, 0) is 25.7 Å². The molecule has 1 amide bonds. The van der Waals surface area contributed by atoms with Gasteiger partial charge in [0.1, 0.15) is 18.2 Å². The lowest BCUT2D eigenvalue weighted by atomic mass is 9.44. The van der Waals surface area contributed by atoms with Gasteiger partial charge in [0.05, 0.1) is 19.0 Å². The van der Waals surface area contributed by atoms with E-state index >= 15 is 0 Å². The van der Waals surface area contributed by atoms with Crippen LogP contribution < -0.4 is 10.6 Å². The second-order valence-electron chi connectivity index (χ2n) is 17.3. The molecule has 15 heteroatoms. The first kappa shape index (κ1) is 42.3. The summed E-state index contributed by atoms with van der Waals surface area (Å²) in [7, 11) is 0. The van der Waals surface area contributed by atoms with E-state index in [0.717, 1.165) is 50.1 Å². The monoisotopic (exact) mass is 790 g/mol. The lowest BCUT2D eigenvalue weighted by molar-refractivity contribution is -0.207. The molecule has 5 aliphatic rings. The van der Waals surface area contributed by atoms with Crippen molar-refractivity contribution in [3.63, 3.8) is 0 Å². The number of imidazole rings is 1. The molecule has 2 aliphatic heterocycles. The van der Waals surface area contributed by atoms with Gasteiger partial charge in [0.15, 0.2) is 17.0 Å². The third-order valence-corrected chi connectivity index (χ3v) is 14.4. The number of carbonyl (C=O) groups excluding carboxylic acids is 3. The number of anilines is 1. The maximum atomic E-state index is 13.8. The van der Waals surface area contributed by atoms with Gasteiger partial charge in [0, 0.05) is 80.9 Å². The van der Waals surface area contributed by atoms with Crippen LogP contribution in [0.15, 0.2) is 25.3 Å². The molecule has 2 aromatic rings. The summed E-state index contributed by atoms with van der Waals surface area (Å²) in [4.78, 5) is 60.7. The zero-order valence-corrected chi connectivity index (χ0v) is 34.1. The van der Waals surface area contributed by atoms with Crippen molar-refractivity contribution in [1.29, 1.82) is 0 Å². The number of hydrogen-bond donors (Lipinski definition) is 2. The van der Waals surface area contributed by atoms with Gasteiger partial charge >= 0.3 is 5.97 Å². The highest BCUT2D eigenvalue weighted by atomic mass is 35.5. The van der Waals surface area contributed by atoms with E-state index in [0.29, 0.717) is 51.1 Å². The van der Waals surface area contributed by atoms with E-state index in [-0.39, 0.29) is 84.3 Å². The largest absolute Gasteiger partial charge is 0.461 e. The predicted octanol–water partition coefficient (Wildman–Crippen LogP) is 4.04. The van der Waals surface area contributed by atoms with Gasteiger partial charge in [0.2, 0.25) is 5.91 Å². The number of nitrogens with zero attached hydrogens (tertiary/aromatic N) is 7. The van der Waals surface area contributed by atoms with Crippen molar-refractivity contribution in [2.24, 2.45) is 39.7 Å². The van der Waals surface area contributed by atoms with Crippen molar-refractivity contribution in [3.05, 3.63) is 25.3 Å². The number of Topliss-reactive ketones (excluding diaryl/α,β-unsaturated/α-hetero) is 1. The molecule has 3 aliphatic carbocycles. The van der Waals surface area contributed by atoms with E-state index in [1.54, 1.807) is 12.7 Å². The van der Waals surface area contributed by atoms with E-state index in [1.165, 1.54) is 0 Å². The quantitative estimate of drug-likeness (QED) is 0.294. The fourth-order valence-corrected chi connectivity index (χ4v) is 11.0. The molecule has 13 nitrogen and oxygen atoms in total. The molecule has 2 aromatic heterocycles. The van der Waals surface area contributed by atoms with Crippen LogP contribution in [0.25, 0.3) is 11.2 Å². The predicted molar refractivity (Wildman–Crippen MR) is 211 cm³/mol. The lowest BCUT2D eigenvalue weighted by Gasteiger charge is -2.61. The molecular weight excluding hydrogens is 731 g/mol. The standard InChI is InChI=1S/C39H58N8O5.2ClH/c1-7-37(5)18-29(38(6)24(2)8-12-39(26(4)34(37)51)13-9-28(48)33(38)39)52-31(50)21-44-16-17-47(25(3)19-44)30(49)11-15-46-23-43-32-35(41-22-42-36(32)46)45-14-10-27(40)20-45;;/h7,22-27,29,33-34,51H,1,8-21,40H2,2-6H3;2*1H/t24-,25+,26+,27?,29-,33-,34+,37-,38+,39+;;/m1../s1. The van der Waals surface area contributed by atoms with Gasteiger partial charge in [-0.05, 0) is 56.3 Å². The number of aliphatic hydroxyl groups is 1. The average Bonchev–Trinajstić information content (AvgIpc) is 3.84. The Labute approximate surface area is 331 Å². The maximum Gasteiger partial charge on any atom is 0.320 e. The second-order valence-corrected chi connectivity index (χ2v) is 17.3. The minimum Gasteiger partial charge on any atom is -0.461 e. The van der Waals surface area contributed by atoms with Crippen LogP contribution >= 0.6 is 24.8 Å². The van der Waals surface area contributed by atoms with Crippen molar-refractivity contribution in [2.75, 3.05) is 44.2 Å². The van der Waals surface area contributed by atoms with Gasteiger partial charge in [-0.15, -0.1) is 31.4 Å². The minimum atomic E-state index is -0.698. The fourth-order valence-electron chi connectivity index (χ4n) is 11.0. The Kier molecular flexibility index (Phi) is 12.5. The molecule has 5 fully saturated rings. The van der Waals surface area contributed by atoms with Gasteiger partial charge < -0.3 is 29.9 Å². The van der Waals surface area contributed by atoms with E-state index in [9.17, 15) is 19.5 Å². The van der Waals surface area contributed by atoms with Crippen LogP contribution in [0.2, 0.25) is 0 Å². The number of aromatic nitrogens is 4. The van der Waals surface area contributed by atoms with Crippen LogP contribution in [0.5, 0.6) is 0 Å². The Hall–Kier alpha value is -2.84. The normalized spacial score (nSPS) is 36.8. The van der Waals surface area contributed by atoms with Crippen molar-refractivity contribution in [1.82, 2.24) is 29.3 Å². The van der Waals surface area contributed by atoms with Crippen LogP contribution in [0.1, 0.15) is 79.6 Å². The highest BCUT2D eigenvalue weighted by Gasteiger charge is 2.68. The molecule has 0 spiro atoms. The van der Waals surface area contributed by atoms with Crippen molar-refractivity contribution in [2.45, 2.75) is 110 Å². The summed E-state index contributed by atoms with van der Waals surface area (Å²) in [5.74, 6) is 0.598. The first-order chi connectivity index (χ1) is 24.7. The SMILES string of the molecule is C=C[C@]1(C)C[C@@H](OC(=O)CN2CCN(C(=O)CCn3cnc4c(N5CCC(N)C5)ncnc43)[C@@H](C)C2)[C@]2(C)[C@H](C)CC[C@]3(CCC(=O)[C@@H]32)[C@@H](C)[C@@H]1O.Cl.Cl. The molecule has 10 atom stereocenters. The van der Waals surface area contributed by atoms with E-state index < -0.39 is 23.0 Å². The Morgan fingerprint density at radius 1 is 1.07 bits per heavy atom. The number of amides is 1. The molecule has 7 rings (SSSR count). The minimum absolute atomic E-state index is 0. The lowest BCUT2D eigenvalue weighted by Crippen LogP contribution is -2.63. The van der Waals surface area contributed by atoms with Gasteiger partial charge in [-0.25, -0.2) is 15.0 Å². The first-order valence-electron chi connectivity index (χ1n) is 19.4. The van der Waals surface area contributed by atoms with Crippen LogP contribution in [0.4, 0.5) is 5.82 Å². The molecule has 3 saturated carbocycles. The number of ether oxygens (including phenoxy) is 1. The number of piperazine rings is 1. The van der Waals surface area contributed by atoms with Gasteiger partial charge in [-0.2, -0.15) is 0 Å². The molecule has 4 heterocycles. The zero-order chi connectivity index (χ0) is 37.2. The summed E-state index contributed by atoms with van der Waals surface area (Å²) in [5, 5.41) is 11.8. The first-order valence-corrected chi connectivity index (χ1v) is 19.4. The number of fused-ring (bicyclic) bond motifs is 1. The summed E-state index contributed by atoms with van der Waals surface area (Å²) in [6, 6.07) is 0.0339. The highest BCUT2D eigenvalue weighted by Crippen LogP contribution is 2.68. The van der Waals surface area contributed by atoms with Crippen LogP contribution in [0, 0.1) is 34.0 Å². The Balaban J connectivity index is 0.00000280. The molecule has 54 heavy (non-hydrogen) atoms. The molecule has 0 aromatic carbocycles. The molecule has 0 radical (unpaired) electrons. The van der Waals surface area contributed by atoms with Gasteiger partial charge in [-0.1, -0.05) is 33.8 Å². The number of ketones is 1. The topological polar surface area (TPSA) is 160 Å². The van der Waals surface area contributed by atoms with Crippen molar-refractivity contribution >= 4 is 59.5 Å². The third kappa shape index (κ3) is 7.05. The number of aryl methyl sites for hydroxylation is 1. The maximum absolute atomic E-state index is 13.8. The van der Waals surface area contributed by atoms with E-state index in [4.69, 9.17) is 10.5 Å². The molecule has 2 bridgehead atoms. The van der Waals surface area contributed by atoms with Gasteiger partial charge in [0.25, 0.3) is 0 Å². The Morgan fingerprint density at radius 3 is 2.52 bits per heavy atom. The number of hydrogen-bond acceptors (Lipinski definition) is 11. The Morgan fingerprint density at radius 2 is 1.83 bits per heavy atom. The van der Waals surface area contributed by atoms with Crippen molar-refractivity contribution < 1.29 is 24.2 Å². The van der Waals surface area contributed by atoms with E-state index in [1.807, 2.05) is 29.4 Å². The third-order valence-electron chi connectivity index (χ3n) is 14.4. The molecule has 300 valence electrons. The second kappa shape index (κ2) is 16.0. The highest BCUT2D eigenvalue weighted by molar-refractivity contribution is 5.86. The number of esters is 1. The summed E-state index contributed by atoms with van der Waals surface area (Å²) >= 11 is 0. The van der Waals surface area contributed by atoms with Gasteiger partial charge in [-0.3, -0.25) is 19.3 Å². The molecule has 3 N–H and O–H groups in total. The summed E-state index contributed by atoms with van der Waals surface area (Å²) in [6.07, 6.45) is 8.61. The molecular formula is C39H60Cl2N8O5. The Bertz CT molecular complexity index is 1730. The zero-order valence-electron chi connectivity index (χ0n) is 32.5. The molecule has 1 unspecified atom stereocenters. The number of halogens is 2. The number of rotatable bonds is 8. The summed E-state index contributed by atoms with van der Waals surface area (Å²) in [6.45, 7) is 18.4. The number of carbonyl (C=O) groups is 3. The summed E-state index contributed by atoms with van der Waals surface area (Å²) in [5.41, 5.74) is 6.02. The average molecular weight is 792 g/mol. The summed E-state index contributed by atoms with van der Waals surface area (Å²) < 4.78 is 8.40. The van der Waals surface area contributed by atoms with Crippen LogP contribution in [-0.4, -0.2) is 116 Å². The van der Waals surface area contributed by atoms with E-state index in [2.05, 4.69) is 52.1 Å².